The van der Waals surface area contributed by atoms with Crippen LogP contribution >= 0.6 is 0 Å². The first-order valence-electron chi connectivity index (χ1n) is 9.48. The van der Waals surface area contributed by atoms with Crippen LogP contribution in [0.15, 0.2) is 40.9 Å². The number of fused-ring (bicyclic) bond motifs is 1. The summed E-state index contributed by atoms with van der Waals surface area (Å²) in [5.74, 6) is 1.14. The van der Waals surface area contributed by atoms with Crippen molar-refractivity contribution in [2.75, 3.05) is 6.54 Å². The van der Waals surface area contributed by atoms with E-state index in [-0.39, 0.29) is 5.91 Å². The first kappa shape index (κ1) is 17.5. The van der Waals surface area contributed by atoms with Crippen LogP contribution in [0, 0.1) is 5.92 Å². The number of hydrogen-bond acceptors (Lipinski definition) is 4. The summed E-state index contributed by atoms with van der Waals surface area (Å²) >= 11 is 0. The van der Waals surface area contributed by atoms with Crippen LogP contribution in [0.5, 0.6) is 0 Å². The summed E-state index contributed by atoms with van der Waals surface area (Å²) in [4.78, 5) is 14.8. The van der Waals surface area contributed by atoms with E-state index >= 15 is 0 Å². The van der Waals surface area contributed by atoms with Gasteiger partial charge in [-0.25, -0.2) is 0 Å². The third-order valence-corrected chi connectivity index (χ3v) is 5.05. The van der Waals surface area contributed by atoms with Crippen LogP contribution in [0.3, 0.4) is 0 Å². The molecule has 0 spiro atoms. The van der Waals surface area contributed by atoms with Crippen molar-refractivity contribution in [2.45, 2.75) is 39.7 Å². The molecular formula is C21H24N4O2. The number of amides is 1. The van der Waals surface area contributed by atoms with E-state index in [9.17, 15) is 4.79 Å². The molecule has 1 amide bonds. The lowest BCUT2D eigenvalue weighted by molar-refractivity contribution is 0.0723. The molecule has 1 N–H and O–H groups in total. The minimum absolute atomic E-state index is 0.0948. The molecule has 2 aromatic heterocycles. The highest BCUT2D eigenvalue weighted by Gasteiger charge is 2.27. The van der Waals surface area contributed by atoms with Gasteiger partial charge >= 0.3 is 0 Å². The van der Waals surface area contributed by atoms with E-state index in [1.54, 1.807) is 6.07 Å². The minimum Gasteiger partial charge on any atom is -0.355 e. The van der Waals surface area contributed by atoms with Gasteiger partial charge in [-0.3, -0.25) is 9.89 Å². The van der Waals surface area contributed by atoms with Crippen LogP contribution < -0.4 is 0 Å². The zero-order chi connectivity index (χ0) is 18.8. The highest BCUT2D eigenvalue weighted by Crippen LogP contribution is 2.25. The fraction of sp³-hybridized carbons (Fsp3) is 0.381. The summed E-state index contributed by atoms with van der Waals surface area (Å²) in [5.41, 5.74) is 4.67. The fourth-order valence-electron chi connectivity index (χ4n) is 3.44. The Morgan fingerprint density at radius 2 is 2.11 bits per heavy atom. The van der Waals surface area contributed by atoms with Gasteiger partial charge in [-0.15, -0.1) is 0 Å². The van der Waals surface area contributed by atoms with Crippen molar-refractivity contribution in [1.82, 2.24) is 20.3 Å². The molecule has 0 fully saturated rings. The third-order valence-electron chi connectivity index (χ3n) is 5.05. The van der Waals surface area contributed by atoms with E-state index in [0.29, 0.717) is 30.5 Å². The second-order valence-electron chi connectivity index (χ2n) is 7.48. The standard InChI is InChI=1S/C21H24N4O2/c1-14(2)8-9-17-16-13-25(11-10-18(16)23-22-17)21(26)19-12-20(27-24-19)15-6-4-3-5-7-15/h3-7,12,14H,8-11,13H2,1-2H3,(H,22,23). The normalized spacial score (nSPS) is 13.8. The predicted octanol–water partition coefficient (Wildman–Crippen LogP) is 3.85. The summed E-state index contributed by atoms with van der Waals surface area (Å²) in [6.45, 7) is 5.66. The Bertz CT molecular complexity index is 927. The second kappa shape index (κ2) is 7.39. The Hall–Kier alpha value is -2.89. The van der Waals surface area contributed by atoms with Gasteiger partial charge in [0.15, 0.2) is 11.5 Å². The molecule has 0 saturated heterocycles. The molecule has 0 unspecified atom stereocenters. The number of carbonyl (C=O) groups is 1. The molecule has 27 heavy (non-hydrogen) atoms. The number of aryl methyl sites for hydroxylation is 1. The summed E-state index contributed by atoms with van der Waals surface area (Å²) < 4.78 is 5.39. The highest BCUT2D eigenvalue weighted by molar-refractivity contribution is 5.93. The maximum Gasteiger partial charge on any atom is 0.276 e. The lowest BCUT2D eigenvalue weighted by Gasteiger charge is -2.26. The highest BCUT2D eigenvalue weighted by atomic mass is 16.5. The van der Waals surface area contributed by atoms with Gasteiger partial charge in [0.1, 0.15) is 0 Å². The van der Waals surface area contributed by atoms with Crippen LogP contribution in [-0.2, 0) is 19.4 Å². The van der Waals surface area contributed by atoms with Crippen molar-refractivity contribution in [3.63, 3.8) is 0 Å². The number of hydrogen-bond donors (Lipinski definition) is 1. The van der Waals surface area contributed by atoms with Crippen molar-refractivity contribution in [1.29, 1.82) is 0 Å². The monoisotopic (exact) mass is 364 g/mol. The Kier molecular flexibility index (Phi) is 4.79. The van der Waals surface area contributed by atoms with Gasteiger partial charge < -0.3 is 9.42 Å². The van der Waals surface area contributed by atoms with Gasteiger partial charge in [-0.2, -0.15) is 5.10 Å². The maximum absolute atomic E-state index is 12.9. The first-order chi connectivity index (χ1) is 13.1. The molecule has 0 radical (unpaired) electrons. The average Bonchev–Trinajstić information content (AvgIpc) is 3.33. The van der Waals surface area contributed by atoms with Crippen LogP contribution in [0.1, 0.15) is 47.7 Å². The van der Waals surface area contributed by atoms with Crippen molar-refractivity contribution in [3.05, 3.63) is 59.0 Å². The number of aromatic amines is 1. The fourth-order valence-corrected chi connectivity index (χ4v) is 3.44. The van der Waals surface area contributed by atoms with Gasteiger partial charge in [0.25, 0.3) is 5.91 Å². The van der Waals surface area contributed by atoms with Crippen LogP contribution in [-0.4, -0.2) is 32.7 Å². The molecule has 6 nitrogen and oxygen atoms in total. The lowest BCUT2D eigenvalue weighted by Crippen LogP contribution is -2.36. The quantitative estimate of drug-likeness (QED) is 0.746. The molecule has 0 bridgehead atoms. The Labute approximate surface area is 158 Å². The largest absolute Gasteiger partial charge is 0.355 e. The van der Waals surface area contributed by atoms with E-state index in [2.05, 4.69) is 29.2 Å². The molecule has 6 heteroatoms. The molecule has 140 valence electrons. The van der Waals surface area contributed by atoms with E-state index in [4.69, 9.17) is 4.52 Å². The molecular weight excluding hydrogens is 340 g/mol. The second-order valence-corrected chi connectivity index (χ2v) is 7.48. The van der Waals surface area contributed by atoms with Crippen LogP contribution in [0.4, 0.5) is 0 Å². The molecule has 1 aliphatic rings. The van der Waals surface area contributed by atoms with Crippen LogP contribution in [0.2, 0.25) is 0 Å². The van der Waals surface area contributed by atoms with Crippen LogP contribution in [0.25, 0.3) is 11.3 Å². The van der Waals surface area contributed by atoms with E-state index in [0.717, 1.165) is 36.2 Å². The van der Waals surface area contributed by atoms with Gasteiger partial charge in [-0.05, 0) is 18.8 Å². The van der Waals surface area contributed by atoms with Crippen molar-refractivity contribution in [3.8, 4) is 11.3 Å². The first-order valence-corrected chi connectivity index (χ1v) is 9.48. The van der Waals surface area contributed by atoms with Crippen molar-refractivity contribution in [2.24, 2.45) is 5.92 Å². The number of rotatable bonds is 5. The summed E-state index contributed by atoms with van der Waals surface area (Å²) in [7, 11) is 0. The minimum atomic E-state index is -0.0948. The molecule has 0 aliphatic carbocycles. The molecule has 3 aromatic rings. The van der Waals surface area contributed by atoms with E-state index in [1.165, 1.54) is 5.56 Å². The molecule has 0 saturated carbocycles. The number of nitrogens with one attached hydrogen (secondary N) is 1. The van der Waals surface area contributed by atoms with E-state index < -0.39 is 0 Å². The van der Waals surface area contributed by atoms with E-state index in [1.807, 2.05) is 35.2 Å². The number of aromatic nitrogens is 3. The molecule has 3 heterocycles. The zero-order valence-corrected chi connectivity index (χ0v) is 15.7. The summed E-state index contributed by atoms with van der Waals surface area (Å²) in [6, 6.07) is 11.4. The smallest absolute Gasteiger partial charge is 0.276 e. The Balaban J connectivity index is 1.50. The third kappa shape index (κ3) is 3.65. The van der Waals surface area contributed by atoms with Gasteiger partial charge in [0.2, 0.25) is 0 Å². The van der Waals surface area contributed by atoms with Gasteiger partial charge in [0, 0.05) is 42.4 Å². The molecule has 1 aliphatic heterocycles. The SMILES string of the molecule is CC(C)CCc1n[nH]c2c1CN(C(=O)c1cc(-c3ccccc3)on1)CC2. The van der Waals surface area contributed by atoms with Crippen molar-refractivity contribution >= 4 is 5.91 Å². The number of nitrogens with zero attached hydrogens (tertiary/aromatic N) is 3. The number of H-pyrrole nitrogens is 1. The zero-order valence-electron chi connectivity index (χ0n) is 15.7. The Morgan fingerprint density at radius 3 is 2.89 bits per heavy atom. The Morgan fingerprint density at radius 1 is 1.30 bits per heavy atom. The van der Waals surface area contributed by atoms with Gasteiger partial charge in [0.05, 0.1) is 5.69 Å². The molecule has 4 rings (SSSR count). The topological polar surface area (TPSA) is 75.0 Å². The van der Waals surface area contributed by atoms with Gasteiger partial charge in [-0.1, -0.05) is 49.3 Å². The number of carbonyl (C=O) groups excluding carboxylic acids is 1. The molecule has 0 atom stereocenters. The predicted molar refractivity (Wildman–Crippen MR) is 102 cm³/mol. The van der Waals surface area contributed by atoms with Crippen molar-refractivity contribution < 1.29 is 9.32 Å². The molecule has 1 aromatic carbocycles. The summed E-state index contributed by atoms with van der Waals surface area (Å²) in [5, 5.41) is 11.6. The summed E-state index contributed by atoms with van der Waals surface area (Å²) in [6.07, 6.45) is 2.82. The average molecular weight is 364 g/mol. The number of benzene rings is 1. The maximum atomic E-state index is 12.9. The lowest BCUT2D eigenvalue weighted by atomic mass is 10.00.